The number of para-hydroxylation sites is 1. The van der Waals surface area contributed by atoms with Crippen molar-refractivity contribution in [2.45, 2.75) is 6.92 Å². The van der Waals surface area contributed by atoms with Gasteiger partial charge < -0.3 is 35.2 Å². The van der Waals surface area contributed by atoms with Gasteiger partial charge in [-0.05, 0) is 37.3 Å². The lowest BCUT2D eigenvalue weighted by molar-refractivity contribution is 0.0964. The Kier molecular flexibility index (Phi) is 7.67. The van der Waals surface area contributed by atoms with Crippen molar-refractivity contribution in [3.8, 4) is 0 Å². The first-order valence-corrected chi connectivity index (χ1v) is 12.6. The minimum absolute atomic E-state index is 0.163. The number of rotatable bonds is 7. The molecule has 2 aromatic carbocycles. The van der Waals surface area contributed by atoms with Gasteiger partial charge in [0.2, 0.25) is 5.95 Å². The third kappa shape index (κ3) is 5.92. The molecule has 2 saturated heterocycles. The third-order valence-corrected chi connectivity index (χ3v) is 6.53. The minimum atomic E-state index is -0.163. The van der Waals surface area contributed by atoms with Gasteiger partial charge in [-0.2, -0.15) is 4.98 Å². The molecule has 2 fully saturated rings. The fraction of sp³-hybridized carbons (Fsp3) is 0.370. The molecule has 0 unspecified atom stereocenters. The first-order chi connectivity index (χ1) is 18.1. The van der Waals surface area contributed by atoms with Crippen LogP contribution in [0.25, 0.3) is 0 Å². The van der Waals surface area contributed by atoms with Crippen molar-refractivity contribution < 1.29 is 14.3 Å². The average Bonchev–Trinajstić information content (AvgIpc) is 2.95. The fourth-order valence-electron chi connectivity index (χ4n) is 4.49. The molecule has 10 heteroatoms. The predicted octanol–water partition coefficient (Wildman–Crippen LogP) is 3.31. The zero-order valence-corrected chi connectivity index (χ0v) is 21.3. The van der Waals surface area contributed by atoms with Crippen LogP contribution >= 0.6 is 0 Å². The lowest BCUT2D eigenvalue weighted by atomic mass is 10.1. The molecule has 3 heterocycles. The zero-order chi connectivity index (χ0) is 25.6. The van der Waals surface area contributed by atoms with Crippen LogP contribution in [0.15, 0.2) is 48.7 Å². The number of morpholine rings is 2. The molecule has 0 bridgehead atoms. The van der Waals surface area contributed by atoms with Crippen molar-refractivity contribution in [2.75, 3.05) is 80.1 Å². The summed E-state index contributed by atoms with van der Waals surface area (Å²) in [5, 5.41) is 9.40. The molecule has 5 rings (SSSR count). The molecule has 0 saturated carbocycles. The van der Waals surface area contributed by atoms with Gasteiger partial charge in [0.15, 0.2) is 0 Å². The van der Waals surface area contributed by atoms with Gasteiger partial charge >= 0.3 is 0 Å². The van der Waals surface area contributed by atoms with Crippen molar-refractivity contribution in [2.24, 2.45) is 0 Å². The van der Waals surface area contributed by atoms with Crippen LogP contribution in [0.5, 0.6) is 0 Å². The highest BCUT2D eigenvalue weighted by molar-refractivity contribution is 6.00. The highest BCUT2D eigenvalue weighted by Gasteiger charge is 2.18. The Labute approximate surface area is 217 Å². The summed E-state index contributed by atoms with van der Waals surface area (Å²) >= 11 is 0. The van der Waals surface area contributed by atoms with Gasteiger partial charge in [-0.3, -0.25) is 4.79 Å². The summed E-state index contributed by atoms with van der Waals surface area (Å²) in [5.41, 5.74) is 5.28. The molecule has 0 radical (unpaired) electrons. The van der Waals surface area contributed by atoms with Crippen molar-refractivity contribution >= 4 is 40.4 Å². The Hall–Kier alpha value is -3.89. The number of anilines is 6. The first-order valence-electron chi connectivity index (χ1n) is 12.6. The number of nitrogens with one attached hydrogen (secondary N) is 3. The lowest BCUT2D eigenvalue weighted by Gasteiger charge is -2.33. The number of nitrogens with zero attached hydrogens (tertiary/aromatic N) is 4. The highest BCUT2D eigenvalue weighted by Crippen LogP contribution is 2.31. The number of carbonyl (C=O) groups excluding carboxylic acids is 1. The summed E-state index contributed by atoms with van der Waals surface area (Å²) in [6.45, 7) is 8.23. The van der Waals surface area contributed by atoms with E-state index in [4.69, 9.17) is 14.5 Å². The quantitative estimate of drug-likeness (QED) is 0.448. The van der Waals surface area contributed by atoms with Gasteiger partial charge in [0.05, 0.1) is 37.7 Å². The topological polar surface area (TPSA) is 104 Å². The van der Waals surface area contributed by atoms with Crippen LogP contribution in [-0.4, -0.2) is 75.5 Å². The number of carbonyl (C=O) groups is 1. The van der Waals surface area contributed by atoms with E-state index in [-0.39, 0.29) is 5.91 Å². The number of hydrogen-bond donors (Lipinski definition) is 3. The Morgan fingerprint density at radius 3 is 2.14 bits per heavy atom. The Bertz CT molecular complexity index is 1200. The summed E-state index contributed by atoms with van der Waals surface area (Å²) in [4.78, 5) is 26.3. The van der Waals surface area contributed by atoms with Crippen LogP contribution in [0.1, 0.15) is 15.9 Å². The first kappa shape index (κ1) is 24.8. The van der Waals surface area contributed by atoms with Gasteiger partial charge in [-0.1, -0.05) is 12.1 Å². The summed E-state index contributed by atoms with van der Waals surface area (Å²) in [6, 6.07) is 13.9. The van der Waals surface area contributed by atoms with E-state index in [1.807, 2.05) is 25.1 Å². The summed E-state index contributed by atoms with van der Waals surface area (Å²) < 4.78 is 11.1. The van der Waals surface area contributed by atoms with Gasteiger partial charge in [0.25, 0.3) is 5.91 Å². The number of aryl methyl sites for hydroxylation is 1. The molecule has 0 atom stereocenters. The molecular weight excluding hydrogens is 470 g/mol. The van der Waals surface area contributed by atoms with E-state index in [0.29, 0.717) is 23.0 Å². The molecule has 37 heavy (non-hydrogen) atoms. The summed E-state index contributed by atoms with van der Waals surface area (Å²) in [7, 11) is 1.62. The van der Waals surface area contributed by atoms with Crippen molar-refractivity contribution in [3.63, 3.8) is 0 Å². The molecule has 0 aliphatic carbocycles. The van der Waals surface area contributed by atoms with Gasteiger partial charge in [-0.25, -0.2) is 4.98 Å². The van der Waals surface area contributed by atoms with E-state index < -0.39 is 0 Å². The van der Waals surface area contributed by atoms with Crippen molar-refractivity contribution in [3.05, 3.63) is 59.8 Å². The van der Waals surface area contributed by atoms with E-state index in [0.717, 1.165) is 75.2 Å². The molecule has 1 aromatic heterocycles. The van der Waals surface area contributed by atoms with E-state index >= 15 is 0 Å². The molecule has 3 N–H and O–H groups in total. The Morgan fingerprint density at radius 2 is 1.51 bits per heavy atom. The zero-order valence-electron chi connectivity index (χ0n) is 21.3. The second-order valence-corrected chi connectivity index (χ2v) is 9.04. The second-order valence-electron chi connectivity index (χ2n) is 9.04. The molecule has 10 nitrogen and oxygen atoms in total. The smallest absolute Gasteiger partial charge is 0.253 e. The number of benzene rings is 2. The standard InChI is InChI=1S/C27H33N7O3/c1-19-18-29-27(32-25(19)31-24-6-4-3-5-23(24)26(35)28-2)30-20-15-21(33-7-11-36-12-8-33)17-22(16-20)34-9-13-37-14-10-34/h3-6,15-18H,7-14H2,1-2H3,(H,28,35)(H2,29,30,31,32). The molecular formula is C27H33N7O3. The Morgan fingerprint density at radius 1 is 0.892 bits per heavy atom. The van der Waals surface area contributed by atoms with Crippen molar-refractivity contribution in [1.82, 2.24) is 15.3 Å². The number of ether oxygens (including phenoxy) is 2. The highest BCUT2D eigenvalue weighted by atomic mass is 16.5. The van der Waals surface area contributed by atoms with E-state index in [2.05, 4.69) is 48.9 Å². The minimum Gasteiger partial charge on any atom is -0.378 e. The fourth-order valence-corrected chi connectivity index (χ4v) is 4.49. The van der Waals surface area contributed by atoms with Gasteiger partial charge in [-0.15, -0.1) is 0 Å². The largest absolute Gasteiger partial charge is 0.378 e. The maximum absolute atomic E-state index is 12.3. The monoisotopic (exact) mass is 503 g/mol. The maximum Gasteiger partial charge on any atom is 0.253 e. The number of aromatic nitrogens is 2. The van der Waals surface area contributed by atoms with Crippen LogP contribution in [-0.2, 0) is 9.47 Å². The average molecular weight is 504 g/mol. The normalized spacial score (nSPS) is 15.8. The molecule has 194 valence electrons. The molecule has 0 spiro atoms. The number of amides is 1. The van der Waals surface area contributed by atoms with Crippen LogP contribution in [0.3, 0.4) is 0 Å². The van der Waals surface area contributed by atoms with E-state index in [9.17, 15) is 4.79 Å². The molecule has 3 aromatic rings. The third-order valence-electron chi connectivity index (χ3n) is 6.53. The summed E-state index contributed by atoms with van der Waals surface area (Å²) in [6.07, 6.45) is 1.77. The summed E-state index contributed by atoms with van der Waals surface area (Å²) in [5.74, 6) is 0.938. The van der Waals surface area contributed by atoms with Crippen LogP contribution in [0.2, 0.25) is 0 Å². The lowest BCUT2D eigenvalue weighted by Crippen LogP contribution is -2.38. The van der Waals surface area contributed by atoms with E-state index in [1.54, 1.807) is 19.3 Å². The SMILES string of the molecule is CNC(=O)c1ccccc1Nc1nc(Nc2cc(N3CCOCC3)cc(N3CCOCC3)c2)ncc1C. The van der Waals surface area contributed by atoms with Crippen LogP contribution in [0, 0.1) is 6.92 Å². The van der Waals surface area contributed by atoms with Gasteiger partial charge in [0, 0.05) is 62.0 Å². The maximum atomic E-state index is 12.3. The van der Waals surface area contributed by atoms with Crippen molar-refractivity contribution in [1.29, 1.82) is 0 Å². The molecule has 2 aliphatic heterocycles. The second kappa shape index (κ2) is 11.4. The van der Waals surface area contributed by atoms with E-state index in [1.165, 1.54) is 0 Å². The van der Waals surface area contributed by atoms with Gasteiger partial charge in [0.1, 0.15) is 5.82 Å². The van der Waals surface area contributed by atoms with Crippen LogP contribution < -0.4 is 25.8 Å². The Balaban J connectivity index is 1.43. The molecule has 2 aliphatic rings. The molecule has 1 amide bonds. The van der Waals surface area contributed by atoms with Crippen LogP contribution in [0.4, 0.5) is 34.5 Å². The number of hydrogen-bond acceptors (Lipinski definition) is 9. The predicted molar refractivity (Wildman–Crippen MR) is 146 cm³/mol.